The molecule has 0 radical (unpaired) electrons. The molecule has 184 valence electrons. The number of halogens is 1. The lowest BCUT2D eigenvalue weighted by atomic mass is 9.78. The van der Waals surface area contributed by atoms with Crippen molar-refractivity contribution in [3.05, 3.63) is 28.8 Å². The summed E-state index contributed by atoms with van der Waals surface area (Å²) in [6, 6.07) is 5.78. The molecule has 2 aliphatic rings. The summed E-state index contributed by atoms with van der Waals surface area (Å²) in [6.07, 6.45) is 6.80. The van der Waals surface area contributed by atoms with Crippen molar-refractivity contribution in [2.45, 2.75) is 110 Å². The SMILES string of the molecule is CCC1(C)OB(c2ccc(CCN[C@@H](CC(C)C)C(=O)OC3CCCC3)cc2Cl)OC1(C)C. The van der Waals surface area contributed by atoms with Gasteiger partial charge in [0.15, 0.2) is 0 Å². The van der Waals surface area contributed by atoms with Gasteiger partial charge in [0, 0.05) is 10.5 Å². The van der Waals surface area contributed by atoms with Crippen molar-refractivity contribution in [2.24, 2.45) is 5.92 Å². The molecule has 7 heteroatoms. The van der Waals surface area contributed by atoms with Crippen LogP contribution in [0, 0.1) is 5.92 Å². The van der Waals surface area contributed by atoms with Crippen LogP contribution in [-0.4, -0.2) is 43.0 Å². The largest absolute Gasteiger partial charge is 0.496 e. The molecule has 1 heterocycles. The Morgan fingerprint density at radius 3 is 2.52 bits per heavy atom. The van der Waals surface area contributed by atoms with Crippen LogP contribution in [0.15, 0.2) is 18.2 Å². The van der Waals surface area contributed by atoms with E-state index in [0.717, 1.165) is 56.0 Å². The molecule has 1 unspecified atom stereocenters. The highest BCUT2D eigenvalue weighted by atomic mass is 35.5. The molecule has 1 saturated heterocycles. The molecule has 1 aliphatic heterocycles. The number of carbonyl (C=O) groups excluding carboxylic acids is 1. The number of ether oxygens (including phenoxy) is 1. The van der Waals surface area contributed by atoms with E-state index in [0.29, 0.717) is 17.5 Å². The summed E-state index contributed by atoms with van der Waals surface area (Å²) in [5.74, 6) is 0.304. The lowest BCUT2D eigenvalue weighted by Crippen LogP contribution is -2.44. The van der Waals surface area contributed by atoms with Gasteiger partial charge < -0.3 is 19.4 Å². The standard InChI is InChI=1S/C26H41BClNO4/c1-7-26(6)25(4,5)32-27(33-26)21-13-12-19(17-22(21)28)14-15-29-23(16-18(2)3)24(30)31-20-10-8-9-11-20/h12-13,17-18,20,23,29H,7-11,14-16H2,1-6H3/t23-,26?/m0/s1. The first-order valence-corrected chi connectivity index (χ1v) is 13.0. The topological polar surface area (TPSA) is 56.8 Å². The fourth-order valence-corrected chi connectivity index (χ4v) is 5.02. The molecule has 1 saturated carbocycles. The smallest absolute Gasteiger partial charge is 0.461 e. The second-order valence-electron chi connectivity index (χ2n) is 10.7. The van der Waals surface area contributed by atoms with Crippen molar-refractivity contribution in [3.63, 3.8) is 0 Å². The monoisotopic (exact) mass is 477 g/mol. The molecular weight excluding hydrogens is 437 g/mol. The zero-order chi connectivity index (χ0) is 24.2. The van der Waals surface area contributed by atoms with Gasteiger partial charge in [-0.05, 0) is 89.8 Å². The molecule has 0 amide bonds. The molecule has 1 aromatic carbocycles. The highest BCUT2D eigenvalue weighted by Crippen LogP contribution is 2.39. The van der Waals surface area contributed by atoms with E-state index >= 15 is 0 Å². The Morgan fingerprint density at radius 1 is 1.24 bits per heavy atom. The number of benzene rings is 1. The van der Waals surface area contributed by atoms with Crippen molar-refractivity contribution < 1.29 is 18.8 Å². The van der Waals surface area contributed by atoms with Gasteiger partial charge in [-0.2, -0.15) is 0 Å². The number of esters is 1. The van der Waals surface area contributed by atoms with Gasteiger partial charge in [-0.1, -0.05) is 44.5 Å². The first-order chi connectivity index (χ1) is 15.5. The molecule has 0 spiro atoms. The maximum atomic E-state index is 12.7. The lowest BCUT2D eigenvalue weighted by Gasteiger charge is -2.35. The van der Waals surface area contributed by atoms with E-state index in [4.69, 9.17) is 25.6 Å². The summed E-state index contributed by atoms with van der Waals surface area (Å²) in [5, 5.41) is 4.07. The average Bonchev–Trinajstić information content (AvgIpc) is 3.32. The van der Waals surface area contributed by atoms with Crippen LogP contribution in [0.5, 0.6) is 0 Å². The summed E-state index contributed by atoms with van der Waals surface area (Å²) >= 11 is 6.64. The van der Waals surface area contributed by atoms with Crippen LogP contribution in [0.2, 0.25) is 5.02 Å². The molecule has 33 heavy (non-hydrogen) atoms. The lowest BCUT2D eigenvalue weighted by molar-refractivity contribution is -0.151. The number of hydrogen-bond donors (Lipinski definition) is 1. The Kier molecular flexibility index (Phi) is 8.93. The molecule has 1 N–H and O–H groups in total. The van der Waals surface area contributed by atoms with E-state index in [2.05, 4.69) is 52.9 Å². The molecular formula is C26H41BClNO4. The minimum atomic E-state index is -0.467. The van der Waals surface area contributed by atoms with Gasteiger partial charge in [-0.3, -0.25) is 4.79 Å². The van der Waals surface area contributed by atoms with E-state index in [1.54, 1.807) is 0 Å². The number of nitrogens with one attached hydrogen (secondary N) is 1. The summed E-state index contributed by atoms with van der Waals surface area (Å²) < 4.78 is 18.3. The second kappa shape index (κ2) is 11.1. The summed E-state index contributed by atoms with van der Waals surface area (Å²) in [5.41, 5.74) is 1.22. The number of carbonyl (C=O) groups is 1. The van der Waals surface area contributed by atoms with E-state index in [1.807, 2.05) is 12.1 Å². The average molecular weight is 478 g/mol. The summed E-state index contributed by atoms with van der Waals surface area (Å²) in [4.78, 5) is 12.7. The Morgan fingerprint density at radius 2 is 1.94 bits per heavy atom. The van der Waals surface area contributed by atoms with Gasteiger partial charge in [0.1, 0.15) is 12.1 Å². The maximum Gasteiger partial charge on any atom is 0.496 e. The van der Waals surface area contributed by atoms with E-state index in [-0.39, 0.29) is 23.7 Å². The van der Waals surface area contributed by atoms with Gasteiger partial charge in [0.2, 0.25) is 0 Å². The Labute approximate surface area is 205 Å². The van der Waals surface area contributed by atoms with Crippen molar-refractivity contribution in [1.29, 1.82) is 0 Å². The van der Waals surface area contributed by atoms with Crippen molar-refractivity contribution in [1.82, 2.24) is 5.32 Å². The molecule has 5 nitrogen and oxygen atoms in total. The van der Waals surface area contributed by atoms with Crippen molar-refractivity contribution >= 4 is 30.2 Å². The fourth-order valence-electron chi connectivity index (χ4n) is 4.73. The van der Waals surface area contributed by atoms with Crippen LogP contribution >= 0.6 is 11.6 Å². The summed E-state index contributed by atoms with van der Waals surface area (Å²) in [7, 11) is -0.467. The van der Waals surface area contributed by atoms with Crippen LogP contribution in [0.1, 0.15) is 85.6 Å². The summed E-state index contributed by atoms with van der Waals surface area (Å²) in [6.45, 7) is 13.3. The predicted octanol–water partition coefficient (Wildman–Crippen LogP) is 5.06. The van der Waals surface area contributed by atoms with Crippen LogP contribution in [0.25, 0.3) is 0 Å². The van der Waals surface area contributed by atoms with Crippen LogP contribution in [-0.2, 0) is 25.3 Å². The van der Waals surface area contributed by atoms with Crippen LogP contribution in [0.3, 0.4) is 0 Å². The van der Waals surface area contributed by atoms with Gasteiger partial charge in [-0.25, -0.2) is 0 Å². The van der Waals surface area contributed by atoms with Crippen molar-refractivity contribution in [2.75, 3.05) is 6.54 Å². The third kappa shape index (κ3) is 6.53. The molecule has 1 aliphatic carbocycles. The third-order valence-corrected chi connectivity index (χ3v) is 7.74. The third-order valence-electron chi connectivity index (χ3n) is 7.42. The number of hydrogen-bond acceptors (Lipinski definition) is 5. The van der Waals surface area contributed by atoms with Crippen LogP contribution < -0.4 is 10.8 Å². The minimum Gasteiger partial charge on any atom is -0.461 e. The second-order valence-corrected chi connectivity index (χ2v) is 11.2. The van der Waals surface area contributed by atoms with Gasteiger partial charge >= 0.3 is 13.1 Å². The first-order valence-electron chi connectivity index (χ1n) is 12.6. The molecule has 3 rings (SSSR count). The Balaban J connectivity index is 1.57. The minimum absolute atomic E-state index is 0.0971. The quantitative estimate of drug-likeness (QED) is 0.377. The van der Waals surface area contributed by atoms with Gasteiger partial charge in [0.05, 0.1) is 11.2 Å². The van der Waals surface area contributed by atoms with Crippen molar-refractivity contribution in [3.8, 4) is 0 Å². The predicted molar refractivity (Wildman–Crippen MR) is 135 cm³/mol. The van der Waals surface area contributed by atoms with Gasteiger partial charge in [0.25, 0.3) is 0 Å². The van der Waals surface area contributed by atoms with E-state index in [9.17, 15) is 4.79 Å². The van der Waals surface area contributed by atoms with Crippen LogP contribution in [0.4, 0.5) is 0 Å². The zero-order valence-corrected chi connectivity index (χ0v) is 22.0. The highest BCUT2D eigenvalue weighted by molar-refractivity contribution is 6.65. The fraction of sp³-hybridized carbons (Fsp3) is 0.731. The molecule has 2 fully saturated rings. The molecule has 0 bridgehead atoms. The maximum absolute atomic E-state index is 12.7. The van der Waals surface area contributed by atoms with E-state index < -0.39 is 12.7 Å². The molecule has 2 atom stereocenters. The molecule has 1 aromatic rings. The Hall–Kier alpha value is -1.08. The zero-order valence-electron chi connectivity index (χ0n) is 21.2. The normalized spacial score (nSPS) is 23.9. The van der Waals surface area contributed by atoms with E-state index in [1.165, 1.54) is 0 Å². The molecule has 0 aromatic heterocycles. The highest BCUT2D eigenvalue weighted by Gasteiger charge is 2.53. The Bertz CT molecular complexity index is 811. The van der Waals surface area contributed by atoms with Gasteiger partial charge in [-0.15, -0.1) is 0 Å². The first kappa shape index (κ1) is 26.5. The number of rotatable bonds is 10.